The fraction of sp³-hybridized carbons (Fsp3) is 0.605. The number of hydrogen-bond donors (Lipinski definition) is 3. The van der Waals surface area contributed by atoms with Crippen molar-refractivity contribution in [1.29, 1.82) is 0 Å². The number of carbonyl (C=O) groups is 4. The quantitative estimate of drug-likeness (QED) is 0.200. The van der Waals surface area contributed by atoms with Crippen LogP contribution in [0.1, 0.15) is 76.2 Å². The number of nitrogens with zero attached hydrogens (tertiary/aromatic N) is 3. The minimum atomic E-state index is -0.799. The van der Waals surface area contributed by atoms with Crippen molar-refractivity contribution in [1.82, 2.24) is 25.4 Å². The standard InChI is InChI=1S/C38H58N6O6/c1-9-25(4)34(43(6)38(48)33(24(2)3)42-37(47)28-14-16-29(39)17-15-28)31(49-7)22-32(45)44-21-11-13-30(44)35(50-8)26(5)36(46)41-20-18-27-12-10-19-40-23-27/h10,12,14-17,19,23-26,30-31,33-35H,9,11,13,18,20-22,39H2,1-8H3,(H,41,46)(H,42,47)/t25-,26+,30-,31+,33-,34-,35+/m0/s1. The number of amides is 4. The number of benzene rings is 1. The van der Waals surface area contributed by atoms with Crippen molar-refractivity contribution in [2.24, 2.45) is 17.8 Å². The second kappa shape index (κ2) is 19.4. The molecule has 1 aromatic carbocycles. The summed E-state index contributed by atoms with van der Waals surface area (Å²) in [5.41, 5.74) is 7.77. The third-order valence-electron chi connectivity index (χ3n) is 10.1. The van der Waals surface area contributed by atoms with E-state index in [2.05, 4.69) is 15.6 Å². The number of nitrogen functional groups attached to an aromatic ring is 1. The van der Waals surface area contributed by atoms with Crippen molar-refractivity contribution in [3.63, 3.8) is 0 Å². The predicted molar refractivity (Wildman–Crippen MR) is 194 cm³/mol. The van der Waals surface area contributed by atoms with Gasteiger partial charge in [0.25, 0.3) is 5.91 Å². The van der Waals surface area contributed by atoms with Crippen LogP contribution in [-0.4, -0.2) is 103 Å². The summed E-state index contributed by atoms with van der Waals surface area (Å²) in [5.74, 6) is -1.57. The zero-order valence-corrected chi connectivity index (χ0v) is 31.1. The van der Waals surface area contributed by atoms with Gasteiger partial charge in [-0.05, 0) is 67.0 Å². The first-order chi connectivity index (χ1) is 23.8. The lowest BCUT2D eigenvalue weighted by atomic mass is 9.89. The maximum atomic E-state index is 14.1. The Morgan fingerprint density at radius 3 is 2.34 bits per heavy atom. The van der Waals surface area contributed by atoms with Crippen LogP contribution in [0.5, 0.6) is 0 Å². The Balaban J connectivity index is 1.72. The number of nitrogens with one attached hydrogen (secondary N) is 2. The van der Waals surface area contributed by atoms with Crippen molar-refractivity contribution in [2.45, 2.75) is 97.1 Å². The van der Waals surface area contributed by atoms with Crippen molar-refractivity contribution >= 4 is 29.3 Å². The van der Waals surface area contributed by atoms with E-state index in [9.17, 15) is 19.2 Å². The Morgan fingerprint density at radius 2 is 1.76 bits per heavy atom. The van der Waals surface area contributed by atoms with Gasteiger partial charge in [-0.1, -0.05) is 47.1 Å². The molecular formula is C38H58N6O6. The van der Waals surface area contributed by atoms with E-state index < -0.39 is 30.2 Å². The molecule has 50 heavy (non-hydrogen) atoms. The molecule has 0 unspecified atom stereocenters. The normalized spacial score (nSPS) is 18.1. The van der Waals surface area contributed by atoms with Gasteiger partial charge in [0.1, 0.15) is 6.04 Å². The van der Waals surface area contributed by atoms with Crippen LogP contribution in [0.4, 0.5) is 5.69 Å². The Kier molecular flexibility index (Phi) is 15.7. The summed E-state index contributed by atoms with van der Waals surface area (Å²) in [6, 6.07) is 8.86. The molecule has 0 saturated carbocycles. The molecule has 2 heterocycles. The highest BCUT2D eigenvalue weighted by Gasteiger charge is 2.42. The summed E-state index contributed by atoms with van der Waals surface area (Å²) in [6.45, 7) is 10.7. The van der Waals surface area contributed by atoms with Crippen molar-refractivity contribution in [2.75, 3.05) is 40.1 Å². The minimum Gasteiger partial charge on any atom is -0.399 e. The molecule has 0 spiro atoms. The largest absolute Gasteiger partial charge is 0.399 e. The average molecular weight is 695 g/mol. The Labute approximate surface area is 297 Å². The molecule has 276 valence electrons. The molecule has 0 bridgehead atoms. The lowest BCUT2D eigenvalue weighted by Crippen LogP contribution is -2.57. The van der Waals surface area contributed by atoms with Crippen LogP contribution in [0.15, 0.2) is 48.8 Å². The molecule has 4 amide bonds. The Morgan fingerprint density at radius 1 is 1.06 bits per heavy atom. The number of rotatable bonds is 18. The molecule has 0 radical (unpaired) electrons. The number of aromatic nitrogens is 1. The van der Waals surface area contributed by atoms with Gasteiger partial charge < -0.3 is 35.6 Å². The molecule has 1 saturated heterocycles. The third-order valence-corrected chi connectivity index (χ3v) is 10.1. The first-order valence-corrected chi connectivity index (χ1v) is 17.8. The first kappa shape index (κ1) is 40.4. The number of likely N-dealkylation sites (N-methyl/N-ethyl adjacent to an activating group) is 1. The second-order valence-corrected chi connectivity index (χ2v) is 13.8. The summed E-state index contributed by atoms with van der Waals surface area (Å²) in [7, 11) is 4.86. The average Bonchev–Trinajstić information content (AvgIpc) is 3.60. The number of likely N-dealkylation sites (tertiary alicyclic amines) is 1. The first-order valence-electron chi connectivity index (χ1n) is 17.8. The van der Waals surface area contributed by atoms with Crippen molar-refractivity contribution < 1.29 is 28.7 Å². The number of anilines is 1. The number of pyridine rings is 1. The summed E-state index contributed by atoms with van der Waals surface area (Å²) < 4.78 is 11.9. The number of hydrogen-bond acceptors (Lipinski definition) is 8. The maximum Gasteiger partial charge on any atom is 0.251 e. The van der Waals surface area contributed by atoms with Crippen LogP contribution in [0.3, 0.4) is 0 Å². The molecule has 0 aliphatic carbocycles. The summed E-state index contributed by atoms with van der Waals surface area (Å²) >= 11 is 0. The van der Waals surface area contributed by atoms with E-state index in [0.717, 1.165) is 18.4 Å². The molecule has 7 atom stereocenters. The van der Waals surface area contributed by atoms with E-state index in [0.29, 0.717) is 37.2 Å². The SMILES string of the molecule is CC[C@H](C)[C@@H]([C@@H](CC(=O)N1CCC[C@H]1[C@H](OC)[C@@H](C)C(=O)NCCc1cccnc1)OC)N(C)C(=O)[C@@H](NC(=O)c1ccc(N)cc1)C(C)C. The number of ether oxygens (including phenoxy) is 2. The molecule has 1 aliphatic rings. The highest BCUT2D eigenvalue weighted by atomic mass is 16.5. The second-order valence-electron chi connectivity index (χ2n) is 13.8. The smallest absolute Gasteiger partial charge is 0.251 e. The molecule has 1 aliphatic heterocycles. The van der Waals surface area contributed by atoms with Gasteiger partial charge in [-0.15, -0.1) is 0 Å². The lowest BCUT2D eigenvalue weighted by molar-refractivity contribution is -0.146. The van der Waals surface area contributed by atoms with Gasteiger partial charge >= 0.3 is 0 Å². The van der Waals surface area contributed by atoms with Gasteiger partial charge in [-0.25, -0.2) is 0 Å². The summed E-state index contributed by atoms with van der Waals surface area (Å²) in [6.07, 6.45) is 5.36. The zero-order chi connectivity index (χ0) is 37.0. The van der Waals surface area contributed by atoms with E-state index in [4.69, 9.17) is 15.2 Å². The van der Waals surface area contributed by atoms with E-state index >= 15 is 0 Å². The van der Waals surface area contributed by atoms with Gasteiger partial charge in [-0.3, -0.25) is 24.2 Å². The summed E-state index contributed by atoms with van der Waals surface area (Å²) in [5, 5.41) is 5.93. The fourth-order valence-corrected chi connectivity index (χ4v) is 6.94. The molecule has 12 heteroatoms. The lowest BCUT2D eigenvalue weighted by Gasteiger charge is -2.40. The molecule has 12 nitrogen and oxygen atoms in total. The van der Waals surface area contributed by atoms with Crippen LogP contribution in [0, 0.1) is 17.8 Å². The molecular weight excluding hydrogens is 636 g/mol. The fourth-order valence-electron chi connectivity index (χ4n) is 6.94. The van der Waals surface area contributed by atoms with E-state index in [1.807, 2.05) is 51.7 Å². The Bertz CT molecular complexity index is 1390. The molecule has 3 rings (SSSR count). The Hall–Kier alpha value is -4.03. The highest BCUT2D eigenvalue weighted by molar-refractivity contribution is 5.98. The number of methoxy groups -OCH3 is 2. The van der Waals surface area contributed by atoms with Gasteiger partial charge in [0, 0.05) is 58.0 Å². The zero-order valence-electron chi connectivity index (χ0n) is 31.1. The van der Waals surface area contributed by atoms with Crippen LogP contribution in [0.2, 0.25) is 0 Å². The van der Waals surface area contributed by atoms with Crippen LogP contribution >= 0.6 is 0 Å². The summed E-state index contributed by atoms with van der Waals surface area (Å²) in [4.78, 5) is 62.0. The molecule has 4 N–H and O–H groups in total. The minimum absolute atomic E-state index is 0.0150. The van der Waals surface area contributed by atoms with E-state index in [1.165, 1.54) is 0 Å². The van der Waals surface area contributed by atoms with Gasteiger partial charge in [-0.2, -0.15) is 0 Å². The van der Waals surface area contributed by atoms with Gasteiger partial charge in [0.2, 0.25) is 17.7 Å². The molecule has 1 fully saturated rings. The monoisotopic (exact) mass is 694 g/mol. The predicted octanol–water partition coefficient (Wildman–Crippen LogP) is 3.70. The van der Waals surface area contributed by atoms with Crippen molar-refractivity contribution in [3.05, 3.63) is 59.9 Å². The van der Waals surface area contributed by atoms with Crippen LogP contribution in [-0.2, 0) is 30.3 Å². The topological polar surface area (TPSA) is 156 Å². The maximum absolute atomic E-state index is 14.1. The van der Waals surface area contributed by atoms with Crippen molar-refractivity contribution in [3.8, 4) is 0 Å². The van der Waals surface area contributed by atoms with E-state index in [-0.39, 0.29) is 47.9 Å². The van der Waals surface area contributed by atoms with Gasteiger partial charge in [0.05, 0.1) is 36.6 Å². The highest BCUT2D eigenvalue weighted by Crippen LogP contribution is 2.29. The molecule has 1 aromatic heterocycles. The molecule has 2 aromatic rings. The number of nitrogens with two attached hydrogens (primary N) is 1. The number of carbonyl (C=O) groups excluding carboxylic acids is 4. The van der Waals surface area contributed by atoms with E-state index in [1.54, 1.807) is 62.8 Å². The van der Waals surface area contributed by atoms with Crippen LogP contribution < -0.4 is 16.4 Å². The van der Waals surface area contributed by atoms with Gasteiger partial charge in [0.15, 0.2) is 0 Å². The van der Waals surface area contributed by atoms with Crippen LogP contribution in [0.25, 0.3) is 0 Å². The third kappa shape index (κ3) is 10.5.